The lowest BCUT2D eigenvalue weighted by Gasteiger charge is -2.11. The predicted molar refractivity (Wildman–Crippen MR) is 138 cm³/mol. The van der Waals surface area contributed by atoms with Crippen LogP contribution in [0.15, 0.2) is 94.2 Å². The molecule has 6 rings (SSSR count). The largest absolute Gasteiger partial charge is 0.488 e. The number of hydrogen-bond donors (Lipinski definition) is 0. The maximum atomic E-state index is 13.0. The third-order valence-corrected chi connectivity index (χ3v) is 7.25. The Morgan fingerprint density at radius 2 is 1.79 bits per heavy atom. The highest BCUT2D eigenvalue weighted by Gasteiger charge is 2.11. The Bertz CT molecular complexity index is 1770. The number of rotatable bonds is 4. The van der Waals surface area contributed by atoms with Crippen LogP contribution in [-0.4, -0.2) is 9.38 Å². The van der Waals surface area contributed by atoms with Crippen molar-refractivity contribution >= 4 is 60.1 Å². The summed E-state index contributed by atoms with van der Waals surface area (Å²) in [7, 11) is 0. The van der Waals surface area contributed by atoms with E-state index in [1.807, 2.05) is 60.7 Å². The van der Waals surface area contributed by atoms with Gasteiger partial charge in [-0.25, -0.2) is 9.38 Å². The number of halogens is 1. The molecule has 6 aromatic rings. The summed E-state index contributed by atoms with van der Waals surface area (Å²) in [5.74, 6) is 0.759. The first-order valence-electron chi connectivity index (χ1n) is 10.5. The van der Waals surface area contributed by atoms with Crippen molar-refractivity contribution in [2.24, 2.45) is 0 Å². The fraction of sp³-hybridized carbons (Fsp3) is 0.0370. The number of nitrogens with zero attached hydrogens (tertiary/aromatic N) is 2. The molecule has 0 fully saturated rings. The van der Waals surface area contributed by atoms with Gasteiger partial charge in [-0.2, -0.15) is 0 Å². The summed E-state index contributed by atoms with van der Waals surface area (Å²) in [5, 5.41) is 2.39. The van der Waals surface area contributed by atoms with Crippen LogP contribution in [0.3, 0.4) is 0 Å². The Balaban J connectivity index is 1.30. The van der Waals surface area contributed by atoms with E-state index in [4.69, 9.17) is 4.74 Å². The Morgan fingerprint density at radius 1 is 0.970 bits per heavy atom. The van der Waals surface area contributed by atoms with E-state index in [2.05, 4.69) is 51.2 Å². The van der Waals surface area contributed by atoms with E-state index in [0.29, 0.717) is 16.1 Å². The average Bonchev–Trinajstić information content (AvgIpc) is 3.34. The van der Waals surface area contributed by atoms with Gasteiger partial charge in [0.05, 0.1) is 20.0 Å². The van der Waals surface area contributed by atoms with Crippen molar-refractivity contribution in [1.82, 2.24) is 9.38 Å². The number of hydrogen-bond acceptors (Lipinski definition) is 4. The van der Waals surface area contributed by atoms with Gasteiger partial charge in [0.2, 0.25) is 0 Å². The van der Waals surface area contributed by atoms with Crippen molar-refractivity contribution in [1.29, 1.82) is 0 Å². The highest BCUT2D eigenvalue weighted by atomic mass is 79.9. The molecule has 0 saturated heterocycles. The standard InChI is InChI=1S/C27H17BrN2O2S/c28-21-14-17(15-25-26(31)30-23-11-4-3-10-22(23)29-27(30)33-25)12-13-24(21)32-16-19-8-5-7-18-6-1-2-9-20(18)19/h1-15H,16H2. The van der Waals surface area contributed by atoms with Gasteiger partial charge in [-0.1, -0.05) is 72.0 Å². The number of imidazole rings is 1. The Morgan fingerprint density at radius 3 is 2.70 bits per heavy atom. The molecular formula is C27H17BrN2O2S. The molecule has 0 N–H and O–H groups in total. The van der Waals surface area contributed by atoms with Crippen LogP contribution in [0.2, 0.25) is 0 Å². The van der Waals surface area contributed by atoms with Gasteiger partial charge in [0.1, 0.15) is 12.4 Å². The summed E-state index contributed by atoms with van der Waals surface area (Å²) in [5.41, 5.74) is 3.69. The van der Waals surface area contributed by atoms with E-state index >= 15 is 0 Å². The van der Waals surface area contributed by atoms with Gasteiger partial charge < -0.3 is 4.74 Å². The van der Waals surface area contributed by atoms with Crippen LogP contribution in [0, 0.1) is 0 Å². The molecule has 2 heterocycles. The van der Waals surface area contributed by atoms with Crippen molar-refractivity contribution in [3.63, 3.8) is 0 Å². The van der Waals surface area contributed by atoms with Crippen LogP contribution in [0.5, 0.6) is 5.75 Å². The average molecular weight is 513 g/mol. The van der Waals surface area contributed by atoms with E-state index in [-0.39, 0.29) is 5.56 Å². The minimum atomic E-state index is -0.0453. The van der Waals surface area contributed by atoms with Gasteiger partial charge in [0.15, 0.2) is 4.96 Å². The first-order valence-corrected chi connectivity index (χ1v) is 12.1. The molecule has 0 aliphatic rings. The maximum absolute atomic E-state index is 13.0. The number of fused-ring (bicyclic) bond motifs is 4. The summed E-state index contributed by atoms with van der Waals surface area (Å²) in [6.07, 6.45) is 1.90. The van der Waals surface area contributed by atoms with Crippen LogP contribution in [0.1, 0.15) is 11.1 Å². The number of aromatic nitrogens is 2. The topological polar surface area (TPSA) is 43.6 Å². The van der Waals surface area contributed by atoms with Crippen molar-refractivity contribution in [2.75, 3.05) is 0 Å². The fourth-order valence-electron chi connectivity index (χ4n) is 4.06. The zero-order valence-electron chi connectivity index (χ0n) is 17.4. The third-order valence-electron chi connectivity index (χ3n) is 5.66. The van der Waals surface area contributed by atoms with Crippen molar-refractivity contribution in [3.05, 3.63) is 115 Å². The first kappa shape index (κ1) is 20.1. The van der Waals surface area contributed by atoms with Crippen LogP contribution in [-0.2, 0) is 6.61 Å². The molecule has 0 unspecified atom stereocenters. The molecule has 4 nitrogen and oxygen atoms in total. The smallest absolute Gasteiger partial charge is 0.274 e. The van der Waals surface area contributed by atoms with Crippen LogP contribution in [0.25, 0.3) is 32.8 Å². The number of para-hydroxylation sites is 2. The van der Waals surface area contributed by atoms with Crippen LogP contribution >= 0.6 is 27.3 Å². The highest BCUT2D eigenvalue weighted by Crippen LogP contribution is 2.28. The molecule has 160 valence electrons. The molecule has 0 aliphatic heterocycles. The second-order valence-electron chi connectivity index (χ2n) is 7.75. The fourth-order valence-corrected chi connectivity index (χ4v) is 5.56. The molecule has 2 aromatic heterocycles. The van der Waals surface area contributed by atoms with Gasteiger partial charge in [-0.15, -0.1) is 0 Å². The van der Waals surface area contributed by atoms with Gasteiger partial charge in [-0.05, 0) is 68.2 Å². The lowest BCUT2D eigenvalue weighted by Crippen LogP contribution is -2.22. The summed E-state index contributed by atoms with van der Waals surface area (Å²) in [4.78, 5) is 18.3. The minimum absolute atomic E-state index is 0.0453. The zero-order valence-corrected chi connectivity index (χ0v) is 19.8. The molecule has 0 radical (unpaired) electrons. The second kappa shape index (κ2) is 8.14. The molecule has 0 spiro atoms. The second-order valence-corrected chi connectivity index (χ2v) is 9.61. The molecule has 6 heteroatoms. The predicted octanol–water partition coefficient (Wildman–Crippen LogP) is 5.95. The molecule has 0 bridgehead atoms. The number of ether oxygens (including phenoxy) is 1. The van der Waals surface area contributed by atoms with Crippen molar-refractivity contribution < 1.29 is 4.74 Å². The van der Waals surface area contributed by atoms with E-state index in [9.17, 15) is 4.79 Å². The molecule has 0 amide bonds. The number of benzene rings is 4. The van der Waals surface area contributed by atoms with Crippen LogP contribution in [0.4, 0.5) is 0 Å². The summed E-state index contributed by atoms with van der Waals surface area (Å²) < 4.78 is 9.29. The number of thiazole rings is 1. The minimum Gasteiger partial charge on any atom is -0.488 e. The lowest BCUT2D eigenvalue weighted by atomic mass is 10.1. The molecule has 0 saturated carbocycles. The SMILES string of the molecule is O=c1c(=Cc2ccc(OCc3cccc4ccccc34)c(Br)c2)sc2nc3ccccc3n12. The Kier molecular flexibility index (Phi) is 4.97. The van der Waals surface area contributed by atoms with E-state index in [1.165, 1.54) is 22.1 Å². The first-order chi connectivity index (χ1) is 16.2. The summed E-state index contributed by atoms with van der Waals surface area (Å²) in [6.45, 7) is 0.475. The molecular weight excluding hydrogens is 496 g/mol. The van der Waals surface area contributed by atoms with Gasteiger partial charge in [0, 0.05) is 0 Å². The maximum Gasteiger partial charge on any atom is 0.274 e. The van der Waals surface area contributed by atoms with Gasteiger partial charge >= 0.3 is 0 Å². The quantitative estimate of drug-likeness (QED) is 0.293. The highest BCUT2D eigenvalue weighted by molar-refractivity contribution is 9.10. The van der Waals surface area contributed by atoms with E-state index in [1.54, 1.807) is 4.40 Å². The molecule has 4 aromatic carbocycles. The summed E-state index contributed by atoms with van der Waals surface area (Å²) in [6, 6.07) is 28.1. The van der Waals surface area contributed by atoms with Crippen LogP contribution < -0.4 is 14.8 Å². The monoisotopic (exact) mass is 512 g/mol. The van der Waals surface area contributed by atoms with Gasteiger partial charge in [-0.3, -0.25) is 4.79 Å². The van der Waals surface area contributed by atoms with Crippen molar-refractivity contribution in [3.8, 4) is 5.75 Å². The van der Waals surface area contributed by atoms with E-state index < -0.39 is 0 Å². The molecule has 33 heavy (non-hydrogen) atoms. The van der Waals surface area contributed by atoms with E-state index in [0.717, 1.165) is 32.4 Å². The zero-order chi connectivity index (χ0) is 22.4. The Labute approximate surface area is 201 Å². The van der Waals surface area contributed by atoms with Gasteiger partial charge in [0.25, 0.3) is 5.56 Å². The third kappa shape index (κ3) is 3.61. The normalized spacial score (nSPS) is 12.2. The Hall–Kier alpha value is -3.48. The molecule has 0 atom stereocenters. The lowest BCUT2D eigenvalue weighted by molar-refractivity contribution is 0.305. The molecule has 0 aliphatic carbocycles. The van der Waals surface area contributed by atoms with Crippen molar-refractivity contribution in [2.45, 2.75) is 6.61 Å². The summed E-state index contributed by atoms with van der Waals surface area (Å²) >= 11 is 5.03.